The van der Waals surface area contributed by atoms with Crippen molar-refractivity contribution in [2.75, 3.05) is 0 Å². The molecule has 1 heterocycles. The molecular formula is C20H18N2O3. The number of aromatic nitrogens is 1. The van der Waals surface area contributed by atoms with Crippen LogP contribution in [0.25, 0.3) is 17.0 Å². The lowest BCUT2D eigenvalue weighted by molar-refractivity contribution is -0.141. The van der Waals surface area contributed by atoms with Gasteiger partial charge in [-0.25, -0.2) is 4.79 Å². The first-order valence-corrected chi connectivity index (χ1v) is 7.95. The monoisotopic (exact) mass is 334 g/mol. The third-order valence-corrected chi connectivity index (χ3v) is 3.94. The van der Waals surface area contributed by atoms with Crippen molar-refractivity contribution in [1.29, 1.82) is 0 Å². The molecule has 0 aliphatic heterocycles. The second-order valence-corrected chi connectivity index (χ2v) is 5.71. The first-order valence-electron chi connectivity index (χ1n) is 7.95. The zero-order chi connectivity index (χ0) is 17.6. The number of carboxylic acids is 1. The molecule has 0 saturated carbocycles. The molecule has 3 rings (SSSR count). The Morgan fingerprint density at radius 2 is 1.80 bits per heavy atom. The number of carbonyl (C=O) groups is 2. The summed E-state index contributed by atoms with van der Waals surface area (Å²) >= 11 is 0. The third kappa shape index (κ3) is 4.14. The van der Waals surface area contributed by atoms with Gasteiger partial charge in [-0.15, -0.1) is 0 Å². The van der Waals surface area contributed by atoms with E-state index in [0.29, 0.717) is 0 Å². The molecule has 1 amide bonds. The number of benzene rings is 2. The van der Waals surface area contributed by atoms with E-state index >= 15 is 0 Å². The fraction of sp³-hybridized carbons (Fsp3) is 0.100. The van der Waals surface area contributed by atoms with E-state index in [1.165, 1.54) is 6.08 Å². The van der Waals surface area contributed by atoms with Gasteiger partial charge in [-0.1, -0.05) is 48.5 Å². The highest BCUT2D eigenvalue weighted by Gasteiger charge is 2.20. The number of nitrogens with one attached hydrogen (secondary N) is 2. The van der Waals surface area contributed by atoms with Crippen molar-refractivity contribution in [3.05, 3.63) is 78.0 Å². The molecule has 0 spiro atoms. The quantitative estimate of drug-likeness (QED) is 0.606. The SMILES string of the molecule is O=C(/C=C/c1ccccc1)N[C@H](Cc1c[nH]c2ccccc12)C(=O)O. The summed E-state index contributed by atoms with van der Waals surface area (Å²) in [5.41, 5.74) is 2.67. The lowest BCUT2D eigenvalue weighted by Crippen LogP contribution is -2.41. The second kappa shape index (κ2) is 7.49. The van der Waals surface area contributed by atoms with Crippen LogP contribution in [-0.2, 0) is 16.0 Å². The molecule has 0 fully saturated rings. The molecule has 0 saturated heterocycles. The molecule has 25 heavy (non-hydrogen) atoms. The maximum atomic E-state index is 12.1. The van der Waals surface area contributed by atoms with Gasteiger partial charge in [0, 0.05) is 29.6 Å². The fourth-order valence-electron chi connectivity index (χ4n) is 2.68. The predicted octanol–water partition coefficient (Wildman–Crippen LogP) is 2.99. The summed E-state index contributed by atoms with van der Waals surface area (Å²) < 4.78 is 0. The number of carboxylic acid groups (broad SMARTS) is 1. The molecule has 0 aliphatic rings. The molecule has 126 valence electrons. The van der Waals surface area contributed by atoms with Gasteiger partial charge in [0.25, 0.3) is 0 Å². The molecule has 0 unspecified atom stereocenters. The van der Waals surface area contributed by atoms with Crippen molar-refractivity contribution < 1.29 is 14.7 Å². The lowest BCUT2D eigenvalue weighted by atomic mass is 10.0. The number of para-hydroxylation sites is 1. The van der Waals surface area contributed by atoms with Crippen LogP contribution >= 0.6 is 0 Å². The first-order chi connectivity index (χ1) is 12.1. The largest absolute Gasteiger partial charge is 0.480 e. The number of fused-ring (bicyclic) bond motifs is 1. The van der Waals surface area contributed by atoms with Crippen molar-refractivity contribution in [3.8, 4) is 0 Å². The van der Waals surface area contributed by atoms with E-state index in [2.05, 4.69) is 10.3 Å². The Morgan fingerprint density at radius 1 is 1.08 bits per heavy atom. The van der Waals surface area contributed by atoms with Gasteiger partial charge >= 0.3 is 5.97 Å². The number of rotatable bonds is 6. The summed E-state index contributed by atoms with van der Waals surface area (Å²) in [6, 6.07) is 16.0. The van der Waals surface area contributed by atoms with Gasteiger partial charge in [0.15, 0.2) is 0 Å². The van der Waals surface area contributed by atoms with Crippen molar-refractivity contribution in [1.82, 2.24) is 10.3 Å². The molecule has 0 bridgehead atoms. The fourth-order valence-corrected chi connectivity index (χ4v) is 2.68. The maximum Gasteiger partial charge on any atom is 0.326 e. The summed E-state index contributed by atoms with van der Waals surface area (Å²) in [6.07, 6.45) is 5.00. The highest BCUT2D eigenvalue weighted by molar-refractivity contribution is 5.94. The van der Waals surface area contributed by atoms with Crippen LogP contribution in [-0.4, -0.2) is 28.0 Å². The molecule has 1 aromatic heterocycles. The highest BCUT2D eigenvalue weighted by Crippen LogP contribution is 2.19. The zero-order valence-corrected chi connectivity index (χ0v) is 13.5. The van der Waals surface area contributed by atoms with E-state index in [9.17, 15) is 14.7 Å². The minimum Gasteiger partial charge on any atom is -0.480 e. The minimum atomic E-state index is -1.06. The molecule has 5 nitrogen and oxygen atoms in total. The molecule has 3 aromatic rings. The average Bonchev–Trinajstić information content (AvgIpc) is 3.03. The summed E-state index contributed by atoms with van der Waals surface area (Å²) in [5, 5.41) is 12.9. The van der Waals surface area contributed by atoms with E-state index in [1.54, 1.807) is 12.3 Å². The highest BCUT2D eigenvalue weighted by atomic mass is 16.4. The number of carbonyl (C=O) groups excluding carboxylic acids is 1. The zero-order valence-electron chi connectivity index (χ0n) is 13.5. The molecule has 2 aromatic carbocycles. The van der Waals surface area contributed by atoms with Crippen molar-refractivity contribution >= 4 is 28.9 Å². The summed E-state index contributed by atoms with van der Waals surface area (Å²) in [4.78, 5) is 26.7. The Bertz CT molecular complexity index is 913. The van der Waals surface area contributed by atoms with Gasteiger partial charge in [0.05, 0.1) is 0 Å². The number of hydrogen-bond donors (Lipinski definition) is 3. The van der Waals surface area contributed by atoms with E-state index in [0.717, 1.165) is 22.0 Å². The van der Waals surface area contributed by atoms with Gasteiger partial charge in [-0.3, -0.25) is 4.79 Å². The standard InChI is InChI=1S/C20H18N2O3/c23-19(11-10-14-6-2-1-3-7-14)22-18(20(24)25)12-15-13-21-17-9-5-4-8-16(15)17/h1-11,13,18,21H,12H2,(H,22,23)(H,24,25)/b11-10+/t18-/m1/s1. The van der Waals surface area contributed by atoms with Crippen LogP contribution in [0.1, 0.15) is 11.1 Å². The van der Waals surface area contributed by atoms with Gasteiger partial charge in [0.2, 0.25) is 5.91 Å². The Hall–Kier alpha value is -3.34. The smallest absolute Gasteiger partial charge is 0.326 e. The summed E-state index contributed by atoms with van der Waals surface area (Å²) in [7, 11) is 0. The molecule has 1 atom stereocenters. The van der Waals surface area contributed by atoms with Crippen molar-refractivity contribution in [2.24, 2.45) is 0 Å². The van der Waals surface area contributed by atoms with Crippen molar-refractivity contribution in [3.63, 3.8) is 0 Å². The number of hydrogen-bond acceptors (Lipinski definition) is 2. The number of H-pyrrole nitrogens is 1. The summed E-state index contributed by atoms with van der Waals surface area (Å²) in [6.45, 7) is 0. The Morgan fingerprint density at radius 3 is 2.56 bits per heavy atom. The Balaban J connectivity index is 1.70. The molecular weight excluding hydrogens is 316 g/mol. The lowest BCUT2D eigenvalue weighted by Gasteiger charge is -2.12. The first kappa shape index (κ1) is 16.5. The van der Waals surface area contributed by atoms with Crippen LogP contribution in [0.2, 0.25) is 0 Å². The second-order valence-electron chi connectivity index (χ2n) is 5.71. The molecule has 5 heteroatoms. The third-order valence-electron chi connectivity index (χ3n) is 3.94. The maximum absolute atomic E-state index is 12.1. The number of amides is 1. The van der Waals surface area contributed by atoms with Crippen LogP contribution in [0.15, 0.2) is 66.9 Å². The van der Waals surface area contributed by atoms with E-state index in [1.807, 2.05) is 54.6 Å². The van der Waals surface area contributed by atoms with Crippen LogP contribution in [0.3, 0.4) is 0 Å². The van der Waals surface area contributed by atoms with Crippen LogP contribution in [0.4, 0.5) is 0 Å². The molecule has 0 aliphatic carbocycles. The van der Waals surface area contributed by atoms with Crippen molar-refractivity contribution in [2.45, 2.75) is 12.5 Å². The van der Waals surface area contributed by atoms with Gasteiger partial charge in [-0.05, 0) is 23.3 Å². The normalized spacial score (nSPS) is 12.3. The van der Waals surface area contributed by atoms with E-state index < -0.39 is 17.9 Å². The van der Waals surface area contributed by atoms with Gasteiger partial charge in [-0.2, -0.15) is 0 Å². The number of aromatic amines is 1. The predicted molar refractivity (Wildman–Crippen MR) is 97.0 cm³/mol. The average molecular weight is 334 g/mol. The Labute approximate surface area is 145 Å². The van der Waals surface area contributed by atoms with E-state index in [-0.39, 0.29) is 6.42 Å². The molecule has 3 N–H and O–H groups in total. The van der Waals surface area contributed by atoms with Crippen LogP contribution in [0, 0.1) is 0 Å². The van der Waals surface area contributed by atoms with Gasteiger partial charge < -0.3 is 15.4 Å². The van der Waals surface area contributed by atoms with Crippen LogP contribution < -0.4 is 5.32 Å². The topological polar surface area (TPSA) is 82.2 Å². The Kier molecular flexibility index (Phi) is 4.95. The number of aliphatic carboxylic acids is 1. The van der Waals surface area contributed by atoms with Gasteiger partial charge in [0.1, 0.15) is 6.04 Å². The minimum absolute atomic E-state index is 0.213. The molecule has 0 radical (unpaired) electrons. The van der Waals surface area contributed by atoms with E-state index in [4.69, 9.17) is 0 Å². The summed E-state index contributed by atoms with van der Waals surface area (Å²) in [5.74, 6) is -1.50. The van der Waals surface area contributed by atoms with Crippen LogP contribution in [0.5, 0.6) is 0 Å².